The Morgan fingerprint density at radius 1 is 1.16 bits per heavy atom. The maximum absolute atomic E-state index is 11.3. The molecule has 7 nitrogen and oxygen atoms in total. The summed E-state index contributed by atoms with van der Waals surface area (Å²) >= 11 is 0. The van der Waals surface area contributed by atoms with E-state index in [1.165, 1.54) is 0 Å². The van der Waals surface area contributed by atoms with Gasteiger partial charge < -0.3 is 28.4 Å². The van der Waals surface area contributed by atoms with E-state index >= 15 is 0 Å². The number of epoxide rings is 1. The molecule has 1 saturated heterocycles. The van der Waals surface area contributed by atoms with Crippen LogP contribution in [0.3, 0.4) is 0 Å². The first-order chi connectivity index (χ1) is 12.1. The second kappa shape index (κ2) is 9.36. The second-order valence-corrected chi connectivity index (χ2v) is 5.66. The SMILES string of the molecule is CCOC(=O)OC1(CCCCCOc2cc(OC)ccc2OC)CO1. The van der Waals surface area contributed by atoms with Crippen molar-refractivity contribution >= 4 is 6.16 Å². The number of methoxy groups -OCH3 is 2. The van der Waals surface area contributed by atoms with Crippen LogP contribution in [-0.4, -0.2) is 46.0 Å². The van der Waals surface area contributed by atoms with Crippen molar-refractivity contribution in [2.45, 2.75) is 38.4 Å². The van der Waals surface area contributed by atoms with E-state index < -0.39 is 11.9 Å². The minimum Gasteiger partial charge on any atom is -0.497 e. The van der Waals surface area contributed by atoms with Crippen LogP contribution in [0.25, 0.3) is 0 Å². The molecule has 0 aromatic heterocycles. The van der Waals surface area contributed by atoms with E-state index in [2.05, 4.69) is 0 Å². The molecule has 2 rings (SSSR count). The highest BCUT2D eigenvalue weighted by Crippen LogP contribution is 2.35. The average molecular weight is 354 g/mol. The Kier molecular flexibility index (Phi) is 7.18. The molecule has 1 aromatic rings. The summed E-state index contributed by atoms with van der Waals surface area (Å²) in [6, 6.07) is 5.44. The number of benzene rings is 1. The predicted octanol–water partition coefficient (Wildman–Crippen LogP) is 3.54. The fourth-order valence-corrected chi connectivity index (χ4v) is 2.39. The van der Waals surface area contributed by atoms with Gasteiger partial charge in [-0.15, -0.1) is 0 Å². The molecule has 0 radical (unpaired) electrons. The average Bonchev–Trinajstić information content (AvgIpc) is 3.37. The summed E-state index contributed by atoms with van der Waals surface area (Å²) in [5.41, 5.74) is 0. The molecular weight excluding hydrogens is 328 g/mol. The van der Waals surface area contributed by atoms with Crippen LogP contribution >= 0.6 is 0 Å². The van der Waals surface area contributed by atoms with Crippen LogP contribution in [0, 0.1) is 0 Å². The second-order valence-electron chi connectivity index (χ2n) is 5.66. The van der Waals surface area contributed by atoms with Gasteiger partial charge in [-0.3, -0.25) is 0 Å². The monoisotopic (exact) mass is 354 g/mol. The maximum atomic E-state index is 11.3. The molecule has 140 valence electrons. The zero-order chi connectivity index (χ0) is 18.1. The highest BCUT2D eigenvalue weighted by molar-refractivity contribution is 5.60. The minimum atomic E-state index is -0.775. The Morgan fingerprint density at radius 2 is 1.96 bits per heavy atom. The van der Waals surface area contributed by atoms with Crippen molar-refractivity contribution in [2.75, 3.05) is 34.0 Å². The third kappa shape index (κ3) is 6.01. The molecule has 1 aliphatic heterocycles. The number of carbonyl (C=O) groups excluding carboxylic acids is 1. The number of carbonyl (C=O) groups is 1. The van der Waals surface area contributed by atoms with E-state index in [1.807, 2.05) is 12.1 Å². The number of unbranched alkanes of at least 4 members (excludes halogenated alkanes) is 2. The van der Waals surface area contributed by atoms with Crippen LogP contribution in [0.15, 0.2) is 18.2 Å². The van der Waals surface area contributed by atoms with Crippen molar-refractivity contribution in [2.24, 2.45) is 0 Å². The quantitative estimate of drug-likeness (QED) is 0.342. The lowest BCUT2D eigenvalue weighted by molar-refractivity contribution is -0.0382. The van der Waals surface area contributed by atoms with Crippen molar-refractivity contribution in [1.82, 2.24) is 0 Å². The first-order valence-electron chi connectivity index (χ1n) is 8.47. The summed E-state index contributed by atoms with van der Waals surface area (Å²) in [5.74, 6) is 1.28. The molecule has 25 heavy (non-hydrogen) atoms. The Bertz CT molecular complexity index is 554. The summed E-state index contributed by atoms with van der Waals surface area (Å²) in [7, 11) is 3.22. The maximum Gasteiger partial charge on any atom is 0.510 e. The third-order valence-electron chi connectivity index (χ3n) is 3.83. The van der Waals surface area contributed by atoms with Gasteiger partial charge in [0.15, 0.2) is 11.5 Å². The summed E-state index contributed by atoms with van der Waals surface area (Å²) in [6.07, 6.45) is 2.67. The zero-order valence-electron chi connectivity index (χ0n) is 15.0. The lowest BCUT2D eigenvalue weighted by Gasteiger charge is -2.13. The Morgan fingerprint density at radius 3 is 2.60 bits per heavy atom. The molecule has 7 heteroatoms. The third-order valence-corrected chi connectivity index (χ3v) is 3.83. The molecule has 1 aromatic carbocycles. The fraction of sp³-hybridized carbons (Fsp3) is 0.611. The van der Waals surface area contributed by atoms with Crippen molar-refractivity contribution < 1.29 is 33.2 Å². The number of rotatable bonds is 11. The van der Waals surface area contributed by atoms with Gasteiger partial charge in [0.25, 0.3) is 0 Å². The zero-order valence-corrected chi connectivity index (χ0v) is 15.0. The molecule has 0 aliphatic carbocycles. The molecule has 1 aliphatic rings. The normalized spacial score (nSPS) is 18.4. The van der Waals surface area contributed by atoms with Crippen molar-refractivity contribution in [1.29, 1.82) is 0 Å². The molecule has 1 unspecified atom stereocenters. The Labute approximate surface area is 148 Å². The molecule has 1 heterocycles. The van der Waals surface area contributed by atoms with Crippen LogP contribution in [0.4, 0.5) is 4.79 Å². The largest absolute Gasteiger partial charge is 0.510 e. The lowest BCUT2D eigenvalue weighted by Crippen LogP contribution is -2.22. The van der Waals surface area contributed by atoms with Gasteiger partial charge in [-0.2, -0.15) is 0 Å². The van der Waals surface area contributed by atoms with E-state index in [4.69, 9.17) is 28.4 Å². The summed E-state index contributed by atoms with van der Waals surface area (Å²) < 4.78 is 31.4. The molecule has 1 fully saturated rings. The highest BCUT2D eigenvalue weighted by atomic mass is 16.8. The molecule has 0 N–H and O–H groups in total. The van der Waals surface area contributed by atoms with Crippen molar-refractivity contribution in [3.63, 3.8) is 0 Å². The van der Waals surface area contributed by atoms with Gasteiger partial charge in [-0.1, -0.05) is 0 Å². The van der Waals surface area contributed by atoms with Gasteiger partial charge in [-0.05, 0) is 38.3 Å². The number of hydrogen-bond acceptors (Lipinski definition) is 7. The van der Waals surface area contributed by atoms with Gasteiger partial charge >= 0.3 is 6.16 Å². The first-order valence-corrected chi connectivity index (χ1v) is 8.47. The fourth-order valence-electron chi connectivity index (χ4n) is 2.39. The Balaban J connectivity index is 1.65. The van der Waals surface area contributed by atoms with Crippen LogP contribution in [0.2, 0.25) is 0 Å². The minimum absolute atomic E-state index is 0.292. The van der Waals surface area contributed by atoms with Gasteiger partial charge in [0.05, 0.1) is 27.4 Å². The molecule has 0 saturated carbocycles. The number of hydrogen-bond donors (Lipinski definition) is 0. The molecule has 0 spiro atoms. The summed E-state index contributed by atoms with van der Waals surface area (Å²) in [4.78, 5) is 11.3. The van der Waals surface area contributed by atoms with Gasteiger partial charge in [0.1, 0.15) is 12.4 Å². The van der Waals surface area contributed by atoms with E-state index in [1.54, 1.807) is 27.2 Å². The van der Waals surface area contributed by atoms with Crippen LogP contribution < -0.4 is 14.2 Å². The topological polar surface area (TPSA) is 75.8 Å². The molecule has 0 bridgehead atoms. The number of ether oxygens (including phenoxy) is 6. The van der Waals surface area contributed by atoms with Crippen molar-refractivity contribution in [3.8, 4) is 17.2 Å². The van der Waals surface area contributed by atoms with Gasteiger partial charge in [0, 0.05) is 12.5 Å². The molecular formula is C18H26O7. The van der Waals surface area contributed by atoms with Crippen LogP contribution in [-0.2, 0) is 14.2 Å². The standard InChI is InChI=1S/C18H26O7/c1-4-22-17(19)25-18(13-24-18)10-6-5-7-11-23-16-12-14(20-2)8-9-15(16)21-3/h8-9,12H,4-7,10-11,13H2,1-3H3. The van der Waals surface area contributed by atoms with Crippen LogP contribution in [0.1, 0.15) is 32.6 Å². The highest BCUT2D eigenvalue weighted by Gasteiger charge is 2.49. The van der Waals surface area contributed by atoms with Crippen molar-refractivity contribution in [3.05, 3.63) is 18.2 Å². The Hall–Kier alpha value is -2.15. The first kappa shape index (κ1) is 19.2. The van der Waals surface area contributed by atoms with E-state index in [9.17, 15) is 4.79 Å². The van der Waals surface area contributed by atoms with Gasteiger partial charge in [0.2, 0.25) is 5.79 Å². The van der Waals surface area contributed by atoms with E-state index in [0.717, 1.165) is 25.0 Å². The predicted molar refractivity (Wildman–Crippen MR) is 90.3 cm³/mol. The lowest BCUT2D eigenvalue weighted by atomic mass is 10.1. The van der Waals surface area contributed by atoms with E-state index in [0.29, 0.717) is 37.7 Å². The summed E-state index contributed by atoms with van der Waals surface area (Å²) in [5, 5.41) is 0. The van der Waals surface area contributed by atoms with E-state index in [-0.39, 0.29) is 0 Å². The molecule has 1 atom stereocenters. The molecule has 0 amide bonds. The smallest absolute Gasteiger partial charge is 0.497 e. The summed E-state index contributed by atoms with van der Waals surface area (Å²) in [6.45, 7) is 3.03. The van der Waals surface area contributed by atoms with Crippen LogP contribution in [0.5, 0.6) is 17.2 Å². The van der Waals surface area contributed by atoms with Gasteiger partial charge in [-0.25, -0.2) is 4.79 Å².